The first kappa shape index (κ1) is 18.0. The summed E-state index contributed by atoms with van der Waals surface area (Å²) in [6.45, 7) is 1.18. The molecule has 2 aromatic heterocycles. The predicted molar refractivity (Wildman–Crippen MR) is 109 cm³/mol. The molecule has 2 aromatic carbocycles. The van der Waals surface area contributed by atoms with Gasteiger partial charge in [0.05, 0.1) is 13.1 Å². The van der Waals surface area contributed by atoms with Crippen molar-refractivity contribution in [2.24, 2.45) is 0 Å². The highest BCUT2D eigenvalue weighted by atomic mass is 35.5. The third-order valence-electron chi connectivity index (χ3n) is 4.23. The molecule has 0 saturated heterocycles. The van der Waals surface area contributed by atoms with Crippen LogP contribution in [0.15, 0.2) is 79.3 Å². The maximum atomic E-state index is 12.6. The fourth-order valence-corrected chi connectivity index (χ4v) is 3.10. The van der Waals surface area contributed by atoms with Gasteiger partial charge in [-0.1, -0.05) is 54.1 Å². The molecule has 1 amide bonds. The molecule has 0 aliphatic carbocycles. The lowest BCUT2D eigenvalue weighted by molar-refractivity contribution is 0.102. The van der Waals surface area contributed by atoms with Crippen molar-refractivity contribution in [2.75, 3.05) is 5.32 Å². The Balaban J connectivity index is 1.46. The van der Waals surface area contributed by atoms with Crippen molar-refractivity contribution < 1.29 is 4.79 Å². The standard InChI is InChI=1S/C21H18ClN5O/c22-19-15-27(13-16-6-2-1-3-7-16)25-20(19)24-21(28)18-9-4-8-17(12-18)14-26-11-5-10-23-26/h1-12,15H,13-14H2,(H,24,25,28). The number of benzene rings is 2. The van der Waals surface area contributed by atoms with Gasteiger partial charge in [0, 0.05) is 24.2 Å². The van der Waals surface area contributed by atoms with E-state index >= 15 is 0 Å². The predicted octanol–water partition coefficient (Wildman–Crippen LogP) is 4.08. The summed E-state index contributed by atoms with van der Waals surface area (Å²) in [5.41, 5.74) is 2.63. The molecule has 28 heavy (non-hydrogen) atoms. The second-order valence-corrected chi connectivity index (χ2v) is 6.77. The molecule has 0 unspecified atom stereocenters. The number of nitrogens with one attached hydrogen (secondary N) is 1. The molecular weight excluding hydrogens is 374 g/mol. The molecule has 0 bridgehead atoms. The minimum atomic E-state index is -0.255. The van der Waals surface area contributed by atoms with Crippen LogP contribution in [0.1, 0.15) is 21.5 Å². The molecule has 0 aliphatic rings. The Bertz CT molecular complexity index is 1070. The zero-order chi connectivity index (χ0) is 19.3. The smallest absolute Gasteiger partial charge is 0.256 e. The molecule has 0 aliphatic heterocycles. The lowest BCUT2D eigenvalue weighted by Crippen LogP contribution is -2.14. The van der Waals surface area contributed by atoms with Gasteiger partial charge in [-0.25, -0.2) is 0 Å². The van der Waals surface area contributed by atoms with E-state index in [1.54, 1.807) is 27.8 Å². The summed E-state index contributed by atoms with van der Waals surface area (Å²) >= 11 is 6.26. The van der Waals surface area contributed by atoms with Crippen LogP contribution in [0, 0.1) is 0 Å². The third kappa shape index (κ3) is 4.29. The number of rotatable bonds is 6. The Morgan fingerprint density at radius 3 is 2.54 bits per heavy atom. The van der Waals surface area contributed by atoms with Crippen LogP contribution in [-0.4, -0.2) is 25.5 Å². The van der Waals surface area contributed by atoms with Crippen LogP contribution in [0.2, 0.25) is 5.02 Å². The number of anilines is 1. The Labute approximate surface area is 167 Å². The van der Waals surface area contributed by atoms with E-state index in [2.05, 4.69) is 15.5 Å². The highest BCUT2D eigenvalue weighted by Crippen LogP contribution is 2.21. The van der Waals surface area contributed by atoms with Crippen molar-refractivity contribution >= 4 is 23.3 Å². The second kappa shape index (κ2) is 8.10. The molecule has 0 radical (unpaired) electrons. The average molecular weight is 392 g/mol. The molecule has 6 nitrogen and oxygen atoms in total. The van der Waals surface area contributed by atoms with E-state index in [0.29, 0.717) is 29.5 Å². The number of hydrogen-bond acceptors (Lipinski definition) is 3. The van der Waals surface area contributed by atoms with E-state index in [1.165, 1.54) is 0 Å². The van der Waals surface area contributed by atoms with Crippen molar-refractivity contribution in [3.63, 3.8) is 0 Å². The van der Waals surface area contributed by atoms with Gasteiger partial charge in [0.2, 0.25) is 0 Å². The van der Waals surface area contributed by atoms with Crippen molar-refractivity contribution in [3.8, 4) is 0 Å². The number of hydrogen-bond donors (Lipinski definition) is 1. The maximum Gasteiger partial charge on any atom is 0.256 e. The van der Waals surface area contributed by atoms with Gasteiger partial charge in [-0.2, -0.15) is 10.2 Å². The van der Waals surface area contributed by atoms with Crippen molar-refractivity contribution in [1.29, 1.82) is 0 Å². The number of carbonyl (C=O) groups is 1. The first-order valence-electron chi connectivity index (χ1n) is 8.82. The van der Waals surface area contributed by atoms with E-state index in [4.69, 9.17) is 11.6 Å². The zero-order valence-corrected chi connectivity index (χ0v) is 15.8. The van der Waals surface area contributed by atoms with Crippen molar-refractivity contribution in [3.05, 3.63) is 101 Å². The molecule has 4 aromatic rings. The molecule has 0 saturated carbocycles. The summed E-state index contributed by atoms with van der Waals surface area (Å²) in [4.78, 5) is 12.6. The van der Waals surface area contributed by atoms with Crippen molar-refractivity contribution in [2.45, 2.75) is 13.1 Å². The molecule has 140 valence electrons. The molecule has 1 N–H and O–H groups in total. The molecular formula is C21H18ClN5O. The highest BCUT2D eigenvalue weighted by Gasteiger charge is 2.13. The topological polar surface area (TPSA) is 64.7 Å². The summed E-state index contributed by atoms with van der Waals surface area (Å²) in [7, 11) is 0. The van der Waals surface area contributed by atoms with E-state index in [0.717, 1.165) is 11.1 Å². The summed E-state index contributed by atoms with van der Waals surface area (Å²) in [6, 6.07) is 19.2. The monoisotopic (exact) mass is 391 g/mol. The van der Waals surface area contributed by atoms with Crippen LogP contribution in [0.25, 0.3) is 0 Å². The number of nitrogens with zero attached hydrogens (tertiary/aromatic N) is 4. The first-order chi connectivity index (χ1) is 13.7. The average Bonchev–Trinajstić information content (AvgIpc) is 3.33. The van der Waals surface area contributed by atoms with Crippen molar-refractivity contribution in [1.82, 2.24) is 19.6 Å². The van der Waals surface area contributed by atoms with Crippen LogP contribution in [-0.2, 0) is 13.1 Å². The Hall–Kier alpha value is -3.38. The first-order valence-corrected chi connectivity index (χ1v) is 9.20. The van der Waals surface area contributed by atoms with E-state index < -0.39 is 0 Å². The Morgan fingerprint density at radius 1 is 0.964 bits per heavy atom. The zero-order valence-electron chi connectivity index (χ0n) is 15.0. The largest absolute Gasteiger partial charge is 0.304 e. The Morgan fingerprint density at radius 2 is 1.75 bits per heavy atom. The van der Waals surface area contributed by atoms with Crippen LogP contribution in [0.4, 0.5) is 5.82 Å². The lowest BCUT2D eigenvalue weighted by Gasteiger charge is -2.06. The van der Waals surface area contributed by atoms with E-state index in [-0.39, 0.29) is 5.91 Å². The normalized spacial score (nSPS) is 10.8. The fourth-order valence-electron chi connectivity index (χ4n) is 2.90. The summed E-state index contributed by atoms with van der Waals surface area (Å²) in [5.74, 6) is 0.0919. The van der Waals surface area contributed by atoms with Gasteiger partial charge in [-0.05, 0) is 29.3 Å². The minimum absolute atomic E-state index is 0.255. The Kier molecular flexibility index (Phi) is 5.21. The van der Waals surface area contributed by atoms with Gasteiger partial charge in [0.25, 0.3) is 5.91 Å². The fraction of sp³-hybridized carbons (Fsp3) is 0.0952. The molecule has 0 fully saturated rings. The van der Waals surface area contributed by atoms with Gasteiger partial charge < -0.3 is 5.32 Å². The lowest BCUT2D eigenvalue weighted by atomic mass is 10.1. The SMILES string of the molecule is O=C(Nc1nn(Cc2ccccc2)cc1Cl)c1cccc(Cn2cccn2)c1. The van der Waals surface area contributed by atoms with Gasteiger partial charge in [0.15, 0.2) is 5.82 Å². The minimum Gasteiger partial charge on any atom is -0.304 e. The summed E-state index contributed by atoms with van der Waals surface area (Å²) in [5, 5.41) is 11.8. The molecule has 4 rings (SSSR count). The number of halogens is 1. The molecule has 0 spiro atoms. The van der Waals surface area contributed by atoms with Crippen LogP contribution < -0.4 is 5.32 Å². The van der Waals surface area contributed by atoms with Gasteiger partial charge in [-0.3, -0.25) is 14.2 Å². The summed E-state index contributed by atoms with van der Waals surface area (Å²) < 4.78 is 3.51. The quantitative estimate of drug-likeness (QED) is 0.538. The van der Waals surface area contributed by atoms with E-state index in [9.17, 15) is 4.79 Å². The van der Waals surface area contributed by atoms with Gasteiger partial charge in [-0.15, -0.1) is 0 Å². The van der Waals surface area contributed by atoms with Crippen LogP contribution in [0.3, 0.4) is 0 Å². The molecule has 7 heteroatoms. The highest BCUT2D eigenvalue weighted by molar-refractivity contribution is 6.33. The molecule has 2 heterocycles. The molecule has 0 atom stereocenters. The second-order valence-electron chi connectivity index (χ2n) is 6.37. The van der Waals surface area contributed by atoms with Gasteiger partial charge in [0.1, 0.15) is 5.02 Å². The van der Waals surface area contributed by atoms with Crippen LogP contribution >= 0.6 is 11.6 Å². The maximum absolute atomic E-state index is 12.6. The van der Waals surface area contributed by atoms with Gasteiger partial charge >= 0.3 is 0 Å². The van der Waals surface area contributed by atoms with Crippen LogP contribution in [0.5, 0.6) is 0 Å². The summed E-state index contributed by atoms with van der Waals surface area (Å²) in [6.07, 6.45) is 5.31. The number of aromatic nitrogens is 4. The number of amides is 1. The third-order valence-corrected chi connectivity index (χ3v) is 4.51. The van der Waals surface area contributed by atoms with E-state index in [1.807, 2.05) is 60.8 Å². The number of carbonyl (C=O) groups excluding carboxylic acids is 1.